The number of ether oxygens (including phenoxy) is 1. The van der Waals surface area contributed by atoms with Gasteiger partial charge >= 0.3 is 0 Å². The largest absolute Gasteiger partial charge is 0.497 e. The molecule has 3 aromatic rings. The Morgan fingerprint density at radius 2 is 1.63 bits per heavy atom. The Hall–Kier alpha value is -3.68. The maximum absolute atomic E-state index is 12.9. The maximum atomic E-state index is 12.9. The number of aryl methyl sites for hydroxylation is 1. The van der Waals surface area contributed by atoms with E-state index in [1.54, 1.807) is 47.5 Å². The molecule has 8 nitrogen and oxygen atoms in total. The second kappa shape index (κ2) is 8.36. The minimum absolute atomic E-state index is 0.0243. The molecule has 8 heteroatoms. The average molecular weight is 405 g/mol. The molecule has 1 aliphatic heterocycles. The molecule has 4 rings (SSSR count). The van der Waals surface area contributed by atoms with Crippen LogP contribution in [0.1, 0.15) is 26.4 Å². The Balaban J connectivity index is 1.39. The molecule has 0 unspecified atom stereocenters. The van der Waals surface area contributed by atoms with Crippen molar-refractivity contribution in [3.63, 3.8) is 0 Å². The van der Waals surface area contributed by atoms with Crippen molar-refractivity contribution in [3.05, 3.63) is 65.6 Å². The number of benzene rings is 1. The smallest absolute Gasteiger partial charge is 0.272 e. The Morgan fingerprint density at radius 1 is 0.967 bits per heavy atom. The molecule has 0 saturated carbocycles. The summed E-state index contributed by atoms with van der Waals surface area (Å²) < 4.78 is 5.21. The van der Waals surface area contributed by atoms with E-state index in [0.29, 0.717) is 43.1 Å². The number of piperazine rings is 1. The number of nitrogens with zero attached hydrogens (tertiary/aromatic N) is 4. The van der Waals surface area contributed by atoms with E-state index in [9.17, 15) is 9.59 Å². The van der Waals surface area contributed by atoms with Crippen LogP contribution in [0.3, 0.4) is 0 Å². The van der Waals surface area contributed by atoms with Crippen LogP contribution < -0.4 is 4.74 Å². The molecule has 30 heavy (non-hydrogen) atoms. The first-order valence-corrected chi connectivity index (χ1v) is 9.76. The maximum Gasteiger partial charge on any atom is 0.272 e. The van der Waals surface area contributed by atoms with Crippen molar-refractivity contribution >= 4 is 11.8 Å². The molecule has 1 aliphatic rings. The second-order valence-corrected chi connectivity index (χ2v) is 7.17. The van der Waals surface area contributed by atoms with Crippen LogP contribution in [-0.4, -0.2) is 70.1 Å². The fourth-order valence-electron chi connectivity index (χ4n) is 3.56. The topological polar surface area (TPSA) is 91.4 Å². The Labute approximate surface area is 174 Å². The van der Waals surface area contributed by atoms with E-state index in [2.05, 4.69) is 15.2 Å². The number of hydrogen-bond donors (Lipinski definition) is 1. The van der Waals surface area contributed by atoms with Gasteiger partial charge in [-0.15, -0.1) is 0 Å². The number of carbonyl (C=O) groups excluding carboxylic acids is 2. The van der Waals surface area contributed by atoms with Gasteiger partial charge in [-0.1, -0.05) is 0 Å². The molecule has 0 spiro atoms. The normalized spacial score (nSPS) is 13.9. The van der Waals surface area contributed by atoms with Crippen molar-refractivity contribution in [2.75, 3.05) is 33.3 Å². The lowest BCUT2D eigenvalue weighted by molar-refractivity contribution is 0.0532. The lowest BCUT2D eigenvalue weighted by Gasteiger charge is -2.34. The van der Waals surface area contributed by atoms with Gasteiger partial charge in [-0.05, 0) is 48.9 Å². The van der Waals surface area contributed by atoms with Gasteiger partial charge in [0.1, 0.15) is 11.4 Å². The number of methoxy groups -OCH3 is 1. The van der Waals surface area contributed by atoms with Crippen molar-refractivity contribution in [3.8, 4) is 17.0 Å². The zero-order valence-corrected chi connectivity index (χ0v) is 17.0. The van der Waals surface area contributed by atoms with Gasteiger partial charge in [-0.2, -0.15) is 5.10 Å². The average Bonchev–Trinajstić information content (AvgIpc) is 3.29. The molecule has 3 heterocycles. The number of pyridine rings is 1. The SMILES string of the molecule is COc1ccc(C(=O)N2CCN(C(=O)c3cc(-c4ccncc4)n[nH]3)CC2)c(C)c1. The molecule has 0 atom stereocenters. The molecule has 1 N–H and O–H groups in total. The highest BCUT2D eigenvalue weighted by molar-refractivity contribution is 5.96. The number of nitrogens with one attached hydrogen (secondary N) is 1. The Morgan fingerprint density at radius 3 is 2.27 bits per heavy atom. The third-order valence-electron chi connectivity index (χ3n) is 5.30. The molecule has 0 bridgehead atoms. The monoisotopic (exact) mass is 405 g/mol. The zero-order chi connectivity index (χ0) is 21.1. The highest BCUT2D eigenvalue weighted by Gasteiger charge is 2.27. The van der Waals surface area contributed by atoms with Crippen LogP contribution in [0.15, 0.2) is 48.8 Å². The summed E-state index contributed by atoms with van der Waals surface area (Å²) in [5, 5.41) is 7.06. The minimum Gasteiger partial charge on any atom is -0.497 e. The Kier molecular flexibility index (Phi) is 5.47. The van der Waals surface area contributed by atoms with Gasteiger partial charge in [-0.3, -0.25) is 19.7 Å². The van der Waals surface area contributed by atoms with Crippen LogP contribution in [0, 0.1) is 6.92 Å². The van der Waals surface area contributed by atoms with Crippen LogP contribution in [0.4, 0.5) is 0 Å². The first-order valence-electron chi connectivity index (χ1n) is 9.76. The standard InChI is InChI=1S/C22H23N5O3/c1-15-13-17(30-2)3-4-18(15)21(28)26-9-11-27(12-10-26)22(29)20-14-19(24-25-20)16-5-7-23-8-6-16/h3-8,13-14H,9-12H2,1-2H3,(H,24,25). The summed E-state index contributed by atoms with van der Waals surface area (Å²) in [6.07, 6.45) is 3.37. The molecule has 0 radical (unpaired) electrons. The van der Waals surface area contributed by atoms with Gasteiger partial charge in [-0.25, -0.2) is 0 Å². The van der Waals surface area contributed by atoms with Crippen LogP contribution in [0.2, 0.25) is 0 Å². The summed E-state index contributed by atoms with van der Waals surface area (Å²) in [7, 11) is 1.60. The fourth-order valence-corrected chi connectivity index (χ4v) is 3.56. The van der Waals surface area contributed by atoms with Crippen LogP contribution >= 0.6 is 0 Å². The van der Waals surface area contributed by atoms with Gasteiger partial charge in [0.2, 0.25) is 0 Å². The van der Waals surface area contributed by atoms with E-state index < -0.39 is 0 Å². The quantitative estimate of drug-likeness (QED) is 0.720. The summed E-state index contributed by atoms with van der Waals surface area (Å²) in [6.45, 7) is 3.82. The predicted octanol–water partition coefficient (Wildman–Crippen LogP) is 2.39. The molecule has 2 amide bonds. The molecule has 2 aromatic heterocycles. The van der Waals surface area contributed by atoms with E-state index in [0.717, 1.165) is 16.9 Å². The second-order valence-electron chi connectivity index (χ2n) is 7.17. The lowest BCUT2D eigenvalue weighted by Crippen LogP contribution is -2.50. The first-order chi connectivity index (χ1) is 14.6. The first kappa shape index (κ1) is 19.6. The van der Waals surface area contributed by atoms with E-state index in [4.69, 9.17) is 4.74 Å². The predicted molar refractivity (Wildman–Crippen MR) is 111 cm³/mol. The van der Waals surface area contributed by atoms with Crippen LogP contribution in [0.5, 0.6) is 5.75 Å². The summed E-state index contributed by atoms with van der Waals surface area (Å²) in [6, 6.07) is 10.9. The number of carbonyl (C=O) groups is 2. The highest BCUT2D eigenvalue weighted by atomic mass is 16.5. The van der Waals surface area contributed by atoms with Crippen molar-refractivity contribution in [1.29, 1.82) is 0 Å². The molecular formula is C22H23N5O3. The Bertz CT molecular complexity index is 1060. The number of aromatic amines is 1. The zero-order valence-electron chi connectivity index (χ0n) is 17.0. The molecule has 0 aliphatic carbocycles. The molecule has 1 saturated heterocycles. The van der Waals surface area contributed by atoms with E-state index >= 15 is 0 Å². The summed E-state index contributed by atoms with van der Waals surface area (Å²) in [5.41, 5.74) is 3.56. The molecule has 1 fully saturated rings. The summed E-state index contributed by atoms with van der Waals surface area (Å²) >= 11 is 0. The number of hydrogen-bond acceptors (Lipinski definition) is 5. The van der Waals surface area contributed by atoms with E-state index in [-0.39, 0.29) is 11.8 Å². The minimum atomic E-state index is -0.115. The third-order valence-corrected chi connectivity index (χ3v) is 5.30. The van der Waals surface area contributed by atoms with Crippen LogP contribution in [-0.2, 0) is 0 Å². The summed E-state index contributed by atoms with van der Waals surface area (Å²) in [5.74, 6) is 0.587. The lowest BCUT2D eigenvalue weighted by atomic mass is 10.1. The van der Waals surface area contributed by atoms with E-state index in [1.165, 1.54) is 0 Å². The van der Waals surface area contributed by atoms with Crippen molar-refractivity contribution in [2.24, 2.45) is 0 Å². The van der Waals surface area contributed by atoms with Crippen LogP contribution in [0.25, 0.3) is 11.3 Å². The molecule has 154 valence electrons. The van der Waals surface area contributed by atoms with Gasteiger partial charge in [0.25, 0.3) is 11.8 Å². The van der Waals surface area contributed by atoms with Gasteiger partial charge < -0.3 is 14.5 Å². The number of H-pyrrole nitrogens is 1. The number of amides is 2. The van der Waals surface area contributed by atoms with Gasteiger partial charge in [0, 0.05) is 49.7 Å². The van der Waals surface area contributed by atoms with Crippen molar-refractivity contribution < 1.29 is 14.3 Å². The molecule has 1 aromatic carbocycles. The van der Waals surface area contributed by atoms with Crippen molar-refractivity contribution in [2.45, 2.75) is 6.92 Å². The molecular weight excluding hydrogens is 382 g/mol. The van der Waals surface area contributed by atoms with Gasteiger partial charge in [0.15, 0.2) is 0 Å². The van der Waals surface area contributed by atoms with E-state index in [1.807, 2.05) is 25.1 Å². The van der Waals surface area contributed by atoms with Crippen molar-refractivity contribution in [1.82, 2.24) is 25.0 Å². The fraction of sp³-hybridized carbons (Fsp3) is 0.273. The highest BCUT2D eigenvalue weighted by Crippen LogP contribution is 2.20. The third kappa shape index (κ3) is 3.89. The van der Waals surface area contributed by atoms with Gasteiger partial charge in [0.05, 0.1) is 12.8 Å². The number of aromatic nitrogens is 3. The summed E-state index contributed by atoms with van der Waals surface area (Å²) in [4.78, 5) is 33.2. The number of rotatable bonds is 4.